The molecule has 3 rings (SSSR count). The van der Waals surface area contributed by atoms with E-state index in [1.54, 1.807) is 6.07 Å². The van der Waals surface area contributed by atoms with Crippen molar-refractivity contribution in [3.05, 3.63) is 23.8 Å². The lowest BCUT2D eigenvalue weighted by molar-refractivity contribution is -0.0361. The third-order valence-corrected chi connectivity index (χ3v) is 7.14. The normalized spacial score (nSPS) is 20.1. The minimum absolute atomic E-state index is 0.0643. The zero-order valence-corrected chi connectivity index (χ0v) is 19.1. The number of amides is 1. The number of hydrogen-bond donors (Lipinski definition) is 1. The first-order valence-electron chi connectivity index (χ1n) is 10.8. The van der Waals surface area contributed by atoms with E-state index in [4.69, 9.17) is 9.47 Å². The van der Waals surface area contributed by atoms with Crippen molar-refractivity contribution in [2.24, 2.45) is 0 Å². The minimum atomic E-state index is -3.43. The van der Waals surface area contributed by atoms with Gasteiger partial charge in [-0.25, -0.2) is 8.42 Å². The smallest absolute Gasteiger partial charge is 0.255 e. The summed E-state index contributed by atoms with van der Waals surface area (Å²) in [7, 11) is -3.43. The Balaban J connectivity index is 1.82. The molecule has 1 aromatic carbocycles. The van der Waals surface area contributed by atoms with Crippen molar-refractivity contribution in [3.63, 3.8) is 0 Å². The van der Waals surface area contributed by atoms with Gasteiger partial charge in [0, 0.05) is 31.4 Å². The van der Waals surface area contributed by atoms with Gasteiger partial charge in [0.1, 0.15) is 5.75 Å². The van der Waals surface area contributed by atoms with E-state index in [-0.39, 0.29) is 28.0 Å². The molecule has 1 saturated carbocycles. The quantitative estimate of drug-likeness (QED) is 0.705. The van der Waals surface area contributed by atoms with Crippen molar-refractivity contribution in [3.8, 4) is 5.75 Å². The molecule has 7 nitrogen and oxygen atoms in total. The maximum absolute atomic E-state index is 13.2. The molecule has 1 aromatic rings. The number of carbonyl (C=O) groups is 1. The largest absolute Gasteiger partial charge is 0.490 e. The molecule has 1 N–H and O–H groups in total. The number of benzene rings is 1. The number of sulfone groups is 1. The maximum atomic E-state index is 13.2. The number of rotatable bonds is 7. The van der Waals surface area contributed by atoms with Crippen LogP contribution in [0.15, 0.2) is 23.1 Å². The van der Waals surface area contributed by atoms with E-state index in [1.165, 1.54) is 18.6 Å². The van der Waals surface area contributed by atoms with Gasteiger partial charge in [0.05, 0.1) is 29.8 Å². The molecular weight excluding hydrogens is 404 g/mol. The van der Waals surface area contributed by atoms with Crippen LogP contribution in [0, 0.1) is 0 Å². The van der Waals surface area contributed by atoms with Gasteiger partial charge in [-0.3, -0.25) is 9.69 Å². The standard InChI is InChI=1S/C22H34N2O5S/c1-17(2)29-20-8-7-18(30(3,26)27)15-19(20)21(25)23-16-22(9-5-4-6-10-22)24-11-13-28-14-12-24/h7-8,15,17H,4-6,9-14,16H2,1-3H3,(H,23,25). The van der Waals surface area contributed by atoms with E-state index < -0.39 is 9.84 Å². The monoisotopic (exact) mass is 438 g/mol. The van der Waals surface area contributed by atoms with E-state index >= 15 is 0 Å². The van der Waals surface area contributed by atoms with Crippen LogP contribution >= 0.6 is 0 Å². The van der Waals surface area contributed by atoms with Gasteiger partial charge >= 0.3 is 0 Å². The molecule has 2 fully saturated rings. The minimum Gasteiger partial charge on any atom is -0.490 e. The van der Waals surface area contributed by atoms with Crippen molar-refractivity contribution in [1.82, 2.24) is 10.2 Å². The first-order chi connectivity index (χ1) is 14.2. The Morgan fingerprint density at radius 2 is 1.87 bits per heavy atom. The molecule has 0 atom stereocenters. The summed E-state index contributed by atoms with van der Waals surface area (Å²) >= 11 is 0. The van der Waals surface area contributed by atoms with Crippen molar-refractivity contribution < 1.29 is 22.7 Å². The Morgan fingerprint density at radius 3 is 2.47 bits per heavy atom. The van der Waals surface area contributed by atoms with Gasteiger partial charge in [-0.15, -0.1) is 0 Å². The second-order valence-electron chi connectivity index (χ2n) is 8.66. The lowest BCUT2D eigenvalue weighted by Crippen LogP contribution is -2.59. The maximum Gasteiger partial charge on any atom is 0.255 e. The SMILES string of the molecule is CC(C)Oc1ccc(S(C)(=O)=O)cc1C(=O)NCC1(N2CCOCC2)CCCCC1. The van der Waals surface area contributed by atoms with Crippen LogP contribution in [0.4, 0.5) is 0 Å². The Hall–Kier alpha value is -1.64. The Morgan fingerprint density at radius 1 is 1.20 bits per heavy atom. The first kappa shape index (κ1) is 23.0. The van der Waals surface area contributed by atoms with Crippen molar-refractivity contribution in [1.29, 1.82) is 0 Å². The highest BCUT2D eigenvalue weighted by Crippen LogP contribution is 2.34. The van der Waals surface area contributed by atoms with Crippen LogP contribution in [-0.4, -0.2) is 70.0 Å². The molecule has 0 bridgehead atoms. The van der Waals surface area contributed by atoms with Gasteiger partial charge in [0.2, 0.25) is 0 Å². The molecule has 1 amide bonds. The van der Waals surface area contributed by atoms with E-state index in [0.717, 1.165) is 58.2 Å². The predicted octanol–water partition coefficient (Wildman–Crippen LogP) is 2.64. The molecule has 0 radical (unpaired) electrons. The average molecular weight is 439 g/mol. The fraction of sp³-hybridized carbons (Fsp3) is 0.682. The molecule has 1 aliphatic heterocycles. The van der Waals surface area contributed by atoms with Gasteiger partial charge in [0.15, 0.2) is 9.84 Å². The van der Waals surface area contributed by atoms with Crippen molar-refractivity contribution in [2.45, 2.75) is 62.5 Å². The summed E-state index contributed by atoms with van der Waals surface area (Å²) in [6.07, 6.45) is 6.64. The van der Waals surface area contributed by atoms with E-state index in [1.807, 2.05) is 13.8 Å². The molecule has 2 aliphatic rings. The summed E-state index contributed by atoms with van der Waals surface area (Å²) in [6.45, 7) is 7.48. The number of carbonyl (C=O) groups excluding carboxylic acids is 1. The molecule has 8 heteroatoms. The second-order valence-corrected chi connectivity index (χ2v) is 10.7. The Labute approximate surface area is 180 Å². The van der Waals surface area contributed by atoms with Crippen LogP contribution in [0.25, 0.3) is 0 Å². The van der Waals surface area contributed by atoms with Crippen LogP contribution in [0.5, 0.6) is 5.75 Å². The summed E-state index contributed by atoms with van der Waals surface area (Å²) < 4.78 is 35.3. The van der Waals surface area contributed by atoms with Gasteiger partial charge in [-0.1, -0.05) is 19.3 Å². The van der Waals surface area contributed by atoms with Gasteiger partial charge < -0.3 is 14.8 Å². The fourth-order valence-electron chi connectivity index (χ4n) is 4.47. The van der Waals surface area contributed by atoms with E-state index in [9.17, 15) is 13.2 Å². The molecule has 0 aromatic heterocycles. The summed E-state index contributed by atoms with van der Waals surface area (Å²) in [6, 6.07) is 4.48. The number of morpholine rings is 1. The molecular formula is C22H34N2O5S. The second kappa shape index (κ2) is 9.66. The van der Waals surface area contributed by atoms with Crippen LogP contribution < -0.4 is 10.1 Å². The van der Waals surface area contributed by atoms with Crippen LogP contribution in [-0.2, 0) is 14.6 Å². The molecule has 1 aliphatic carbocycles. The number of ether oxygens (including phenoxy) is 2. The van der Waals surface area contributed by atoms with Crippen molar-refractivity contribution >= 4 is 15.7 Å². The molecule has 1 saturated heterocycles. The zero-order chi connectivity index (χ0) is 21.8. The fourth-order valence-corrected chi connectivity index (χ4v) is 5.11. The van der Waals surface area contributed by atoms with Crippen LogP contribution in [0.2, 0.25) is 0 Å². The summed E-state index contributed by atoms with van der Waals surface area (Å²) in [5, 5.41) is 3.10. The number of nitrogens with one attached hydrogen (secondary N) is 1. The summed E-state index contributed by atoms with van der Waals surface area (Å²) in [5.74, 6) is 0.105. The van der Waals surface area contributed by atoms with E-state index in [0.29, 0.717) is 12.3 Å². The number of hydrogen-bond acceptors (Lipinski definition) is 6. The lowest BCUT2D eigenvalue weighted by Gasteiger charge is -2.48. The van der Waals surface area contributed by atoms with E-state index in [2.05, 4.69) is 10.2 Å². The first-order valence-corrected chi connectivity index (χ1v) is 12.7. The van der Waals surface area contributed by atoms with Gasteiger partial charge in [-0.05, 0) is 44.9 Å². The highest BCUT2D eigenvalue weighted by molar-refractivity contribution is 7.90. The average Bonchev–Trinajstić information content (AvgIpc) is 2.72. The highest BCUT2D eigenvalue weighted by Gasteiger charge is 2.39. The van der Waals surface area contributed by atoms with Crippen LogP contribution in [0.1, 0.15) is 56.3 Å². The summed E-state index contributed by atoms with van der Waals surface area (Å²) in [5.41, 5.74) is 0.199. The molecule has 1 heterocycles. The molecule has 30 heavy (non-hydrogen) atoms. The molecule has 168 valence electrons. The van der Waals surface area contributed by atoms with Crippen LogP contribution in [0.3, 0.4) is 0 Å². The van der Waals surface area contributed by atoms with Gasteiger partial charge in [-0.2, -0.15) is 0 Å². The Kier molecular flexibility index (Phi) is 7.42. The summed E-state index contributed by atoms with van der Waals surface area (Å²) in [4.78, 5) is 15.7. The number of nitrogens with zero attached hydrogens (tertiary/aromatic N) is 1. The van der Waals surface area contributed by atoms with Crippen molar-refractivity contribution in [2.75, 3.05) is 39.1 Å². The zero-order valence-electron chi connectivity index (χ0n) is 18.3. The molecule has 0 unspecified atom stereocenters. The lowest BCUT2D eigenvalue weighted by atomic mass is 9.79. The molecule has 0 spiro atoms. The Bertz CT molecular complexity index is 841. The predicted molar refractivity (Wildman–Crippen MR) is 116 cm³/mol. The highest BCUT2D eigenvalue weighted by atomic mass is 32.2. The third kappa shape index (κ3) is 5.53. The third-order valence-electron chi connectivity index (χ3n) is 6.03. The topological polar surface area (TPSA) is 84.9 Å². The van der Waals surface area contributed by atoms with Gasteiger partial charge in [0.25, 0.3) is 5.91 Å².